The summed E-state index contributed by atoms with van der Waals surface area (Å²) >= 11 is 5.34. The van der Waals surface area contributed by atoms with Gasteiger partial charge in [-0.05, 0) is 19.1 Å². The minimum Gasteiger partial charge on any atom is -0.394 e. The van der Waals surface area contributed by atoms with Crippen molar-refractivity contribution in [3.05, 3.63) is 34.4 Å². The quantitative estimate of drug-likeness (QED) is 0.802. The van der Waals surface area contributed by atoms with Crippen LogP contribution in [0.25, 0.3) is 0 Å². The van der Waals surface area contributed by atoms with E-state index in [9.17, 15) is 13.6 Å². The Morgan fingerprint density at radius 2 is 2.12 bits per heavy atom. The lowest BCUT2D eigenvalue weighted by Gasteiger charge is -2.11. The predicted octanol–water partition coefficient (Wildman–Crippen LogP) is 1.73. The zero-order valence-electron chi connectivity index (χ0n) is 8.43. The molecule has 0 aliphatic heterocycles. The normalized spacial score (nSPS) is 12.3. The SMILES string of the molecule is C[C@H](CO)NC(=O)c1cc(F)c(Cl)cc1F. The zero-order valence-corrected chi connectivity index (χ0v) is 9.18. The van der Waals surface area contributed by atoms with Gasteiger partial charge in [0.25, 0.3) is 5.91 Å². The van der Waals surface area contributed by atoms with Crippen LogP contribution in [0.1, 0.15) is 17.3 Å². The summed E-state index contributed by atoms with van der Waals surface area (Å²) in [5.41, 5.74) is -0.442. The maximum atomic E-state index is 13.3. The first kappa shape index (κ1) is 12.9. The molecule has 0 spiro atoms. The smallest absolute Gasteiger partial charge is 0.254 e. The highest BCUT2D eigenvalue weighted by atomic mass is 35.5. The van der Waals surface area contributed by atoms with E-state index in [2.05, 4.69) is 5.32 Å². The van der Waals surface area contributed by atoms with Crippen molar-refractivity contribution in [2.75, 3.05) is 6.61 Å². The monoisotopic (exact) mass is 249 g/mol. The van der Waals surface area contributed by atoms with E-state index in [1.54, 1.807) is 0 Å². The molecule has 88 valence electrons. The first-order valence-electron chi connectivity index (χ1n) is 4.52. The van der Waals surface area contributed by atoms with Crippen molar-refractivity contribution >= 4 is 17.5 Å². The molecule has 0 saturated heterocycles. The minimum absolute atomic E-state index is 0.288. The summed E-state index contributed by atoms with van der Waals surface area (Å²) in [5.74, 6) is -2.58. The summed E-state index contributed by atoms with van der Waals surface area (Å²) in [6, 6.07) is 0.914. The molecule has 0 fully saturated rings. The number of hydrogen-bond donors (Lipinski definition) is 2. The maximum Gasteiger partial charge on any atom is 0.254 e. The first-order chi connectivity index (χ1) is 7.45. The second kappa shape index (κ2) is 5.23. The largest absolute Gasteiger partial charge is 0.394 e. The van der Waals surface area contributed by atoms with Gasteiger partial charge in [-0.25, -0.2) is 8.78 Å². The molecule has 0 radical (unpaired) electrons. The topological polar surface area (TPSA) is 49.3 Å². The van der Waals surface area contributed by atoms with Gasteiger partial charge >= 0.3 is 0 Å². The van der Waals surface area contributed by atoms with Crippen LogP contribution < -0.4 is 5.32 Å². The van der Waals surface area contributed by atoms with Crippen LogP contribution in [0.15, 0.2) is 12.1 Å². The van der Waals surface area contributed by atoms with Crippen LogP contribution in [0, 0.1) is 11.6 Å². The van der Waals surface area contributed by atoms with Gasteiger partial charge in [0.2, 0.25) is 0 Å². The number of aliphatic hydroxyl groups excluding tert-OH is 1. The number of carbonyl (C=O) groups is 1. The van der Waals surface area contributed by atoms with Crippen LogP contribution in [-0.2, 0) is 0 Å². The number of aliphatic hydroxyl groups is 1. The highest BCUT2D eigenvalue weighted by Crippen LogP contribution is 2.19. The molecule has 6 heteroatoms. The molecule has 1 amide bonds. The lowest BCUT2D eigenvalue weighted by atomic mass is 10.2. The van der Waals surface area contributed by atoms with Gasteiger partial charge in [-0.15, -0.1) is 0 Å². The number of hydrogen-bond acceptors (Lipinski definition) is 2. The Bertz CT molecular complexity index is 412. The molecular formula is C10H10ClF2NO2. The van der Waals surface area contributed by atoms with Crippen LogP contribution in [0.2, 0.25) is 5.02 Å². The van der Waals surface area contributed by atoms with Crippen molar-refractivity contribution in [2.24, 2.45) is 0 Å². The second-order valence-electron chi connectivity index (χ2n) is 3.30. The summed E-state index contributed by atoms with van der Waals surface area (Å²) in [5, 5.41) is 10.6. The molecule has 0 aromatic heterocycles. The lowest BCUT2D eigenvalue weighted by molar-refractivity contribution is 0.0917. The van der Waals surface area contributed by atoms with Gasteiger partial charge in [-0.2, -0.15) is 0 Å². The Hall–Kier alpha value is -1.20. The van der Waals surface area contributed by atoms with Crippen molar-refractivity contribution in [1.82, 2.24) is 5.32 Å². The number of benzene rings is 1. The fourth-order valence-corrected chi connectivity index (χ4v) is 1.19. The summed E-state index contributed by atoms with van der Waals surface area (Å²) in [7, 11) is 0. The predicted molar refractivity (Wildman–Crippen MR) is 55.4 cm³/mol. The average molecular weight is 250 g/mol. The molecule has 0 bridgehead atoms. The molecule has 1 atom stereocenters. The molecule has 0 aliphatic rings. The van der Waals surface area contributed by atoms with Gasteiger partial charge in [0.1, 0.15) is 11.6 Å². The average Bonchev–Trinajstić information content (AvgIpc) is 2.23. The highest BCUT2D eigenvalue weighted by molar-refractivity contribution is 6.30. The van der Waals surface area contributed by atoms with E-state index in [-0.39, 0.29) is 11.6 Å². The van der Waals surface area contributed by atoms with E-state index in [1.165, 1.54) is 6.92 Å². The Labute approximate surface area is 96.0 Å². The van der Waals surface area contributed by atoms with E-state index in [0.29, 0.717) is 0 Å². The van der Waals surface area contributed by atoms with Crippen LogP contribution in [-0.4, -0.2) is 23.7 Å². The van der Waals surface area contributed by atoms with Gasteiger partial charge in [0.05, 0.1) is 17.2 Å². The molecule has 0 aliphatic carbocycles. The van der Waals surface area contributed by atoms with Gasteiger partial charge in [-0.1, -0.05) is 11.6 Å². The third-order valence-electron chi connectivity index (χ3n) is 1.91. The second-order valence-corrected chi connectivity index (χ2v) is 3.71. The number of rotatable bonds is 3. The molecule has 0 saturated carbocycles. The maximum absolute atomic E-state index is 13.3. The number of amides is 1. The molecular weight excluding hydrogens is 240 g/mol. The molecule has 1 aromatic rings. The number of nitrogens with one attached hydrogen (secondary N) is 1. The number of carbonyl (C=O) groups excluding carboxylic acids is 1. The summed E-state index contributed by atoms with van der Waals surface area (Å²) in [6.45, 7) is 1.24. The molecule has 2 N–H and O–H groups in total. The van der Waals surface area contributed by atoms with Crippen LogP contribution in [0.5, 0.6) is 0 Å². The fourth-order valence-electron chi connectivity index (χ4n) is 1.04. The van der Waals surface area contributed by atoms with E-state index in [4.69, 9.17) is 16.7 Å². The van der Waals surface area contributed by atoms with Gasteiger partial charge < -0.3 is 10.4 Å². The molecule has 0 heterocycles. The van der Waals surface area contributed by atoms with Crippen molar-refractivity contribution in [1.29, 1.82) is 0 Å². The van der Waals surface area contributed by atoms with Crippen LogP contribution in [0.4, 0.5) is 8.78 Å². The third kappa shape index (κ3) is 2.90. The molecule has 16 heavy (non-hydrogen) atoms. The first-order valence-corrected chi connectivity index (χ1v) is 4.89. The van der Waals surface area contributed by atoms with Crippen LogP contribution >= 0.6 is 11.6 Å². The summed E-state index contributed by atoms with van der Waals surface area (Å²) < 4.78 is 26.3. The van der Waals surface area contributed by atoms with Gasteiger partial charge in [0.15, 0.2) is 0 Å². The molecule has 3 nitrogen and oxygen atoms in total. The van der Waals surface area contributed by atoms with Crippen molar-refractivity contribution in [2.45, 2.75) is 13.0 Å². The van der Waals surface area contributed by atoms with Gasteiger partial charge in [0, 0.05) is 6.04 Å². The summed E-state index contributed by atoms with van der Waals surface area (Å²) in [6.07, 6.45) is 0. The third-order valence-corrected chi connectivity index (χ3v) is 2.20. The van der Waals surface area contributed by atoms with Crippen molar-refractivity contribution in [3.8, 4) is 0 Å². The van der Waals surface area contributed by atoms with E-state index < -0.39 is 29.1 Å². The Balaban J connectivity index is 2.96. The minimum atomic E-state index is -0.908. The van der Waals surface area contributed by atoms with Crippen molar-refractivity contribution in [3.63, 3.8) is 0 Å². The summed E-state index contributed by atoms with van der Waals surface area (Å²) in [4.78, 5) is 11.4. The van der Waals surface area contributed by atoms with Gasteiger partial charge in [-0.3, -0.25) is 4.79 Å². The van der Waals surface area contributed by atoms with E-state index in [0.717, 1.165) is 12.1 Å². The Kier molecular flexibility index (Phi) is 4.20. The van der Waals surface area contributed by atoms with E-state index >= 15 is 0 Å². The molecule has 1 aromatic carbocycles. The molecule has 1 rings (SSSR count). The Morgan fingerprint density at radius 1 is 1.50 bits per heavy atom. The highest BCUT2D eigenvalue weighted by Gasteiger charge is 2.16. The number of halogens is 3. The van der Waals surface area contributed by atoms with E-state index in [1.807, 2.05) is 0 Å². The zero-order chi connectivity index (χ0) is 12.3. The fraction of sp³-hybridized carbons (Fsp3) is 0.300. The Morgan fingerprint density at radius 3 is 2.69 bits per heavy atom. The molecule has 0 unspecified atom stereocenters. The lowest BCUT2D eigenvalue weighted by Crippen LogP contribution is -2.35. The standard InChI is InChI=1S/C10H10ClF2NO2/c1-5(4-15)14-10(16)6-2-9(13)7(11)3-8(6)12/h2-3,5,15H,4H2,1H3,(H,14,16)/t5-/m1/s1. The van der Waals surface area contributed by atoms with Crippen molar-refractivity contribution < 1.29 is 18.7 Å². The van der Waals surface area contributed by atoms with Crippen LogP contribution in [0.3, 0.4) is 0 Å².